The van der Waals surface area contributed by atoms with Gasteiger partial charge in [-0.3, -0.25) is 0 Å². The molecule has 4 rings (SSSR count). The Bertz CT molecular complexity index is 292. The highest BCUT2D eigenvalue weighted by Crippen LogP contribution is 2.62. The van der Waals surface area contributed by atoms with Crippen LogP contribution in [0.5, 0.6) is 0 Å². The van der Waals surface area contributed by atoms with Gasteiger partial charge in [0.1, 0.15) is 0 Å². The molecule has 0 aromatic rings. The summed E-state index contributed by atoms with van der Waals surface area (Å²) in [5.41, 5.74) is 0.623. The summed E-state index contributed by atoms with van der Waals surface area (Å²) in [6, 6.07) is 0.719. The van der Waals surface area contributed by atoms with Crippen LogP contribution in [0, 0.1) is 29.1 Å². The predicted molar refractivity (Wildman–Crippen MR) is 83.7 cm³/mol. The first-order valence-corrected chi connectivity index (χ1v) is 8.89. The molecule has 4 bridgehead atoms. The molecule has 4 aliphatic rings. The minimum atomic E-state index is 0.623. The van der Waals surface area contributed by atoms with E-state index < -0.39 is 0 Å². The van der Waals surface area contributed by atoms with E-state index in [2.05, 4.69) is 19.2 Å². The minimum Gasteiger partial charge on any atom is -0.385 e. The smallest absolute Gasteiger partial charge is 0.0465 e. The average Bonchev–Trinajstić information content (AvgIpc) is 2.40. The standard InChI is InChI=1S/C18H33NO/c1-4-19-17(13(2)5-6-20-3)18-10-14-7-15(11-18)9-16(8-14)12-18/h13-17,19H,4-12H2,1-3H3. The van der Waals surface area contributed by atoms with Crippen LogP contribution in [-0.4, -0.2) is 26.3 Å². The van der Waals surface area contributed by atoms with Crippen molar-refractivity contribution in [2.45, 2.75) is 64.8 Å². The molecule has 2 heteroatoms. The number of hydrogen-bond acceptors (Lipinski definition) is 2. The lowest BCUT2D eigenvalue weighted by molar-refractivity contribution is -0.0849. The topological polar surface area (TPSA) is 21.3 Å². The summed E-state index contributed by atoms with van der Waals surface area (Å²) in [6.45, 7) is 6.75. The summed E-state index contributed by atoms with van der Waals surface area (Å²) in [6.07, 6.45) is 10.4. The van der Waals surface area contributed by atoms with Crippen molar-refractivity contribution in [1.29, 1.82) is 0 Å². The number of hydrogen-bond donors (Lipinski definition) is 1. The molecular formula is C18H33NO. The zero-order valence-electron chi connectivity index (χ0n) is 13.7. The lowest BCUT2D eigenvalue weighted by Gasteiger charge is -2.60. The molecule has 0 aliphatic heterocycles. The van der Waals surface area contributed by atoms with Gasteiger partial charge < -0.3 is 10.1 Å². The summed E-state index contributed by atoms with van der Waals surface area (Å²) in [4.78, 5) is 0. The molecule has 0 saturated heterocycles. The van der Waals surface area contributed by atoms with Gasteiger partial charge in [0.2, 0.25) is 0 Å². The van der Waals surface area contributed by atoms with Crippen molar-refractivity contribution in [3.63, 3.8) is 0 Å². The molecule has 1 N–H and O–H groups in total. The first-order valence-electron chi connectivity index (χ1n) is 8.89. The highest BCUT2D eigenvalue weighted by molar-refractivity contribution is 5.07. The van der Waals surface area contributed by atoms with Gasteiger partial charge >= 0.3 is 0 Å². The number of ether oxygens (including phenoxy) is 1. The van der Waals surface area contributed by atoms with E-state index in [0.717, 1.165) is 42.9 Å². The summed E-state index contributed by atoms with van der Waals surface area (Å²) in [7, 11) is 1.83. The fraction of sp³-hybridized carbons (Fsp3) is 1.00. The maximum absolute atomic E-state index is 5.33. The summed E-state index contributed by atoms with van der Waals surface area (Å²) >= 11 is 0. The zero-order chi connectivity index (χ0) is 14.2. The maximum atomic E-state index is 5.33. The monoisotopic (exact) mass is 279 g/mol. The van der Waals surface area contributed by atoms with Crippen molar-refractivity contribution < 1.29 is 4.74 Å². The number of methoxy groups -OCH3 is 1. The SMILES string of the molecule is CCNC(C(C)CCOC)C12CC3CC(CC(C3)C1)C2. The van der Waals surface area contributed by atoms with Crippen molar-refractivity contribution in [3.05, 3.63) is 0 Å². The normalized spacial score (nSPS) is 41.9. The Morgan fingerprint density at radius 1 is 1.10 bits per heavy atom. The molecule has 0 spiro atoms. The molecule has 0 radical (unpaired) electrons. The Kier molecular flexibility index (Phi) is 4.42. The number of rotatable bonds is 7. The van der Waals surface area contributed by atoms with Gasteiger partial charge in [-0.15, -0.1) is 0 Å². The van der Waals surface area contributed by atoms with Gasteiger partial charge in [0, 0.05) is 19.8 Å². The zero-order valence-corrected chi connectivity index (χ0v) is 13.7. The van der Waals surface area contributed by atoms with Gasteiger partial charge in [0.05, 0.1) is 0 Å². The molecule has 2 atom stereocenters. The Hall–Kier alpha value is -0.0800. The van der Waals surface area contributed by atoms with Crippen molar-refractivity contribution in [2.24, 2.45) is 29.1 Å². The highest BCUT2D eigenvalue weighted by atomic mass is 16.5. The Balaban J connectivity index is 1.76. The third-order valence-electron chi connectivity index (χ3n) is 6.52. The van der Waals surface area contributed by atoms with Crippen molar-refractivity contribution >= 4 is 0 Å². The second kappa shape index (κ2) is 5.96. The van der Waals surface area contributed by atoms with E-state index in [4.69, 9.17) is 4.74 Å². The molecule has 0 aromatic carbocycles. The molecule has 2 unspecified atom stereocenters. The molecule has 0 heterocycles. The molecule has 0 aromatic heterocycles. The van der Waals surface area contributed by atoms with Crippen LogP contribution in [0.1, 0.15) is 58.8 Å². The van der Waals surface area contributed by atoms with E-state index in [1.54, 1.807) is 19.3 Å². The van der Waals surface area contributed by atoms with E-state index in [1.807, 2.05) is 7.11 Å². The van der Waals surface area contributed by atoms with Crippen molar-refractivity contribution in [1.82, 2.24) is 5.32 Å². The Labute approximate surface area is 125 Å². The van der Waals surface area contributed by atoms with Crippen LogP contribution >= 0.6 is 0 Å². The van der Waals surface area contributed by atoms with Crippen LogP contribution < -0.4 is 5.32 Å². The van der Waals surface area contributed by atoms with Crippen molar-refractivity contribution in [3.8, 4) is 0 Å². The quantitative estimate of drug-likeness (QED) is 0.764. The third-order valence-corrected chi connectivity index (χ3v) is 6.52. The van der Waals surface area contributed by atoms with Crippen LogP contribution in [-0.2, 0) is 4.74 Å². The van der Waals surface area contributed by atoms with Crippen molar-refractivity contribution in [2.75, 3.05) is 20.3 Å². The molecule has 4 saturated carbocycles. The van der Waals surface area contributed by atoms with Gasteiger partial charge in [0.25, 0.3) is 0 Å². The minimum absolute atomic E-state index is 0.623. The third kappa shape index (κ3) is 2.66. The van der Waals surface area contributed by atoms with Gasteiger partial charge in [-0.2, -0.15) is 0 Å². The number of nitrogens with one attached hydrogen (secondary N) is 1. The van der Waals surface area contributed by atoms with E-state index in [1.165, 1.54) is 25.7 Å². The van der Waals surface area contributed by atoms with E-state index in [-0.39, 0.29) is 0 Å². The molecule has 4 fully saturated rings. The van der Waals surface area contributed by atoms with Crippen LogP contribution in [0.2, 0.25) is 0 Å². The molecule has 0 amide bonds. The highest BCUT2D eigenvalue weighted by Gasteiger charge is 2.54. The molecule has 20 heavy (non-hydrogen) atoms. The second-order valence-corrected chi connectivity index (χ2v) is 8.07. The molecular weight excluding hydrogens is 246 g/mol. The first kappa shape index (κ1) is 14.8. The largest absolute Gasteiger partial charge is 0.385 e. The Morgan fingerprint density at radius 3 is 2.10 bits per heavy atom. The van der Waals surface area contributed by atoms with E-state index in [0.29, 0.717) is 5.41 Å². The van der Waals surface area contributed by atoms with Gasteiger partial charge in [-0.05, 0) is 80.6 Å². The second-order valence-electron chi connectivity index (χ2n) is 8.07. The van der Waals surface area contributed by atoms with Crippen LogP contribution in [0.15, 0.2) is 0 Å². The van der Waals surface area contributed by atoms with E-state index >= 15 is 0 Å². The summed E-state index contributed by atoms with van der Waals surface area (Å²) < 4.78 is 5.33. The van der Waals surface area contributed by atoms with E-state index in [9.17, 15) is 0 Å². The van der Waals surface area contributed by atoms with Gasteiger partial charge in [0.15, 0.2) is 0 Å². The van der Waals surface area contributed by atoms with Crippen LogP contribution in [0.3, 0.4) is 0 Å². The lowest BCUT2D eigenvalue weighted by Crippen LogP contribution is -2.58. The Morgan fingerprint density at radius 2 is 1.65 bits per heavy atom. The fourth-order valence-electron chi connectivity index (χ4n) is 6.27. The molecule has 4 aliphatic carbocycles. The van der Waals surface area contributed by atoms with Crippen LogP contribution in [0.25, 0.3) is 0 Å². The van der Waals surface area contributed by atoms with Gasteiger partial charge in [-0.1, -0.05) is 13.8 Å². The maximum Gasteiger partial charge on any atom is 0.0465 e. The van der Waals surface area contributed by atoms with Crippen LogP contribution in [0.4, 0.5) is 0 Å². The molecule has 2 nitrogen and oxygen atoms in total. The predicted octanol–water partition coefficient (Wildman–Crippen LogP) is 3.85. The lowest BCUT2D eigenvalue weighted by atomic mass is 9.46. The summed E-state index contributed by atoms with van der Waals surface area (Å²) in [5, 5.41) is 3.89. The first-order chi connectivity index (χ1) is 9.66. The molecule has 116 valence electrons. The average molecular weight is 279 g/mol. The summed E-state index contributed by atoms with van der Waals surface area (Å²) in [5.74, 6) is 3.90. The van der Waals surface area contributed by atoms with Gasteiger partial charge in [-0.25, -0.2) is 0 Å². The fourth-order valence-corrected chi connectivity index (χ4v) is 6.27.